The van der Waals surface area contributed by atoms with Crippen LogP contribution in [0.2, 0.25) is 0 Å². The van der Waals surface area contributed by atoms with Crippen LogP contribution in [-0.4, -0.2) is 41.5 Å². The molecule has 1 aliphatic heterocycles. The van der Waals surface area contributed by atoms with E-state index in [-0.39, 0.29) is 0 Å². The molecule has 0 aromatic carbocycles. The third-order valence-electron chi connectivity index (χ3n) is 3.83. The minimum absolute atomic E-state index is 0.442. The van der Waals surface area contributed by atoms with E-state index in [2.05, 4.69) is 33.2 Å². The molecule has 1 N–H and O–H groups in total. The number of nitrogens with one attached hydrogen (secondary N) is 1. The zero-order valence-corrected chi connectivity index (χ0v) is 11.7. The summed E-state index contributed by atoms with van der Waals surface area (Å²) in [5.41, 5.74) is 1.18. The Morgan fingerprint density at radius 3 is 3.00 bits per heavy atom. The Labute approximate surface area is 110 Å². The summed E-state index contributed by atoms with van der Waals surface area (Å²) in [6.45, 7) is 7.54. The molecular weight excluding hydrogens is 224 g/mol. The molecule has 1 saturated heterocycles. The first-order valence-electron chi connectivity index (χ1n) is 6.94. The van der Waals surface area contributed by atoms with E-state index in [0.717, 1.165) is 18.9 Å². The smallest absolute Gasteiger partial charge is 0.125 e. The van der Waals surface area contributed by atoms with Gasteiger partial charge in [0, 0.05) is 6.20 Å². The zero-order valence-electron chi connectivity index (χ0n) is 11.7. The summed E-state index contributed by atoms with van der Waals surface area (Å²) in [6.07, 6.45) is 4.46. The van der Waals surface area contributed by atoms with Gasteiger partial charge in [-0.05, 0) is 58.4 Å². The van der Waals surface area contributed by atoms with Crippen LogP contribution in [0.5, 0.6) is 0 Å². The van der Waals surface area contributed by atoms with Crippen molar-refractivity contribution in [1.82, 2.24) is 20.2 Å². The Morgan fingerprint density at radius 2 is 2.33 bits per heavy atom. The summed E-state index contributed by atoms with van der Waals surface area (Å²) in [7, 11) is 2.03. The minimum atomic E-state index is 0.442. The summed E-state index contributed by atoms with van der Waals surface area (Å²) < 4.78 is 0. The van der Waals surface area contributed by atoms with Gasteiger partial charge in [0.25, 0.3) is 0 Å². The molecule has 1 aromatic heterocycles. The first kappa shape index (κ1) is 13.4. The van der Waals surface area contributed by atoms with Gasteiger partial charge in [-0.2, -0.15) is 0 Å². The normalized spacial score (nSPS) is 25.3. The minimum Gasteiger partial charge on any atom is -0.319 e. The molecule has 0 spiro atoms. The van der Waals surface area contributed by atoms with Crippen molar-refractivity contribution in [2.24, 2.45) is 5.92 Å². The maximum atomic E-state index is 4.65. The molecule has 2 heterocycles. The summed E-state index contributed by atoms with van der Waals surface area (Å²) in [6, 6.07) is 2.52. The molecular formula is C14H24N4. The molecule has 2 rings (SSSR count). The fourth-order valence-electron chi connectivity index (χ4n) is 3.05. The molecule has 2 atom stereocenters. The molecule has 0 radical (unpaired) electrons. The summed E-state index contributed by atoms with van der Waals surface area (Å²) in [4.78, 5) is 11.4. The SMILES string of the molecule is CCN1CCCC(CNC)C1c1ccnc(C)n1. The second-order valence-corrected chi connectivity index (χ2v) is 5.06. The number of rotatable bonds is 4. The number of likely N-dealkylation sites (tertiary alicyclic amines) is 1. The lowest BCUT2D eigenvalue weighted by Crippen LogP contribution is -2.42. The van der Waals surface area contributed by atoms with E-state index in [1.807, 2.05) is 20.2 Å². The quantitative estimate of drug-likeness (QED) is 0.882. The zero-order chi connectivity index (χ0) is 13.0. The fourth-order valence-corrected chi connectivity index (χ4v) is 3.05. The van der Waals surface area contributed by atoms with Crippen LogP contribution in [0.3, 0.4) is 0 Å². The van der Waals surface area contributed by atoms with Crippen LogP contribution in [-0.2, 0) is 0 Å². The maximum absolute atomic E-state index is 4.65. The van der Waals surface area contributed by atoms with Crippen molar-refractivity contribution in [2.45, 2.75) is 32.7 Å². The predicted molar refractivity (Wildman–Crippen MR) is 73.4 cm³/mol. The lowest BCUT2D eigenvalue weighted by molar-refractivity contribution is 0.0949. The van der Waals surface area contributed by atoms with Gasteiger partial charge >= 0.3 is 0 Å². The summed E-state index contributed by atoms with van der Waals surface area (Å²) in [5.74, 6) is 1.52. The van der Waals surface area contributed by atoms with Gasteiger partial charge in [0.2, 0.25) is 0 Å². The molecule has 0 bridgehead atoms. The van der Waals surface area contributed by atoms with Gasteiger partial charge in [0.15, 0.2) is 0 Å². The van der Waals surface area contributed by atoms with Crippen molar-refractivity contribution < 1.29 is 0 Å². The fraction of sp³-hybridized carbons (Fsp3) is 0.714. The molecule has 0 saturated carbocycles. The van der Waals surface area contributed by atoms with E-state index < -0.39 is 0 Å². The Bertz CT molecular complexity index is 378. The van der Waals surface area contributed by atoms with Crippen LogP contribution < -0.4 is 5.32 Å². The average molecular weight is 248 g/mol. The lowest BCUT2D eigenvalue weighted by atomic mass is 9.86. The van der Waals surface area contributed by atoms with Crippen LogP contribution in [0.4, 0.5) is 0 Å². The van der Waals surface area contributed by atoms with Gasteiger partial charge in [-0.25, -0.2) is 9.97 Å². The average Bonchev–Trinajstić information content (AvgIpc) is 2.38. The lowest BCUT2D eigenvalue weighted by Gasteiger charge is -2.40. The van der Waals surface area contributed by atoms with Gasteiger partial charge < -0.3 is 5.32 Å². The summed E-state index contributed by atoms with van der Waals surface area (Å²) in [5, 5.41) is 3.33. The molecule has 1 aliphatic rings. The van der Waals surface area contributed by atoms with Crippen LogP contribution in [0, 0.1) is 12.8 Å². The van der Waals surface area contributed by atoms with Gasteiger partial charge in [-0.3, -0.25) is 4.90 Å². The summed E-state index contributed by atoms with van der Waals surface area (Å²) >= 11 is 0. The standard InChI is InChI=1S/C14H24N4/c1-4-18-9-5-6-12(10-15-3)14(18)13-7-8-16-11(2)17-13/h7-8,12,14-15H,4-6,9-10H2,1-3H3. The first-order chi connectivity index (χ1) is 8.76. The van der Waals surface area contributed by atoms with Gasteiger partial charge in [-0.15, -0.1) is 0 Å². The van der Waals surface area contributed by atoms with Crippen LogP contribution >= 0.6 is 0 Å². The first-order valence-corrected chi connectivity index (χ1v) is 6.94. The van der Waals surface area contributed by atoms with Crippen molar-refractivity contribution in [2.75, 3.05) is 26.7 Å². The topological polar surface area (TPSA) is 41.0 Å². The molecule has 0 aliphatic carbocycles. The second-order valence-electron chi connectivity index (χ2n) is 5.06. The molecule has 4 nitrogen and oxygen atoms in total. The second kappa shape index (κ2) is 6.25. The van der Waals surface area contributed by atoms with Crippen LogP contribution in [0.25, 0.3) is 0 Å². The molecule has 100 valence electrons. The molecule has 4 heteroatoms. The Hall–Kier alpha value is -1.00. The third-order valence-corrected chi connectivity index (χ3v) is 3.83. The monoisotopic (exact) mass is 248 g/mol. The number of hydrogen-bond donors (Lipinski definition) is 1. The Balaban J connectivity index is 2.27. The highest BCUT2D eigenvalue weighted by atomic mass is 15.2. The van der Waals surface area contributed by atoms with Crippen LogP contribution in [0.15, 0.2) is 12.3 Å². The van der Waals surface area contributed by atoms with E-state index in [1.165, 1.54) is 25.1 Å². The molecule has 2 unspecified atom stereocenters. The van der Waals surface area contributed by atoms with Gasteiger partial charge in [0.05, 0.1) is 11.7 Å². The van der Waals surface area contributed by atoms with E-state index in [0.29, 0.717) is 12.0 Å². The Morgan fingerprint density at radius 1 is 1.50 bits per heavy atom. The number of aromatic nitrogens is 2. The van der Waals surface area contributed by atoms with Crippen molar-refractivity contribution in [3.63, 3.8) is 0 Å². The van der Waals surface area contributed by atoms with Crippen LogP contribution in [0.1, 0.15) is 37.3 Å². The van der Waals surface area contributed by atoms with E-state index >= 15 is 0 Å². The molecule has 1 aromatic rings. The third kappa shape index (κ3) is 2.87. The van der Waals surface area contributed by atoms with Gasteiger partial charge in [0.1, 0.15) is 5.82 Å². The highest BCUT2D eigenvalue weighted by Crippen LogP contribution is 2.34. The predicted octanol–water partition coefficient (Wildman–Crippen LogP) is 1.78. The highest BCUT2D eigenvalue weighted by Gasteiger charge is 2.32. The van der Waals surface area contributed by atoms with E-state index in [9.17, 15) is 0 Å². The largest absolute Gasteiger partial charge is 0.319 e. The van der Waals surface area contributed by atoms with Crippen molar-refractivity contribution >= 4 is 0 Å². The number of nitrogens with zero attached hydrogens (tertiary/aromatic N) is 3. The number of hydrogen-bond acceptors (Lipinski definition) is 4. The van der Waals surface area contributed by atoms with E-state index in [1.54, 1.807) is 0 Å². The van der Waals surface area contributed by atoms with E-state index in [4.69, 9.17) is 0 Å². The maximum Gasteiger partial charge on any atom is 0.125 e. The van der Waals surface area contributed by atoms with Crippen molar-refractivity contribution in [3.8, 4) is 0 Å². The van der Waals surface area contributed by atoms with Crippen molar-refractivity contribution in [1.29, 1.82) is 0 Å². The Kier molecular flexibility index (Phi) is 4.66. The molecule has 18 heavy (non-hydrogen) atoms. The number of aryl methyl sites for hydroxylation is 1. The number of piperidine rings is 1. The highest BCUT2D eigenvalue weighted by molar-refractivity contribution is 5.10. The van der Waals surface area contributed by atoms with Gasteiger partial charge in [-0.1, -0.05) is 6.92 Å². The molecule has 1 fully saturated rings. The molecule has 0 amide bonds. The van der Waals surface area contributed by atoms with Crippen molar-refractivity contribution in [3.05, 3.63) is 23.8 Å².